The number of hydrogen-bond donors (Lipinski definition) is 2. The van der Waals surface area contributed by atoms with Gasteiger partial charge in [0.15, 0.2) is 6.61 Å². The Morgan fingerprint density at radius 2 is 2.00 bits per heavy atom. The number of amides is 1. The Balaban J connectivity index is 2.56. The lowest BCUT2D eigenvalue weighted by atomic mass is 10.0. The molecule has 0 aliphatic rings. The van der Waals surface area contributed by atoms with Crippen molar-refractivity contribution in [3.05, 3.63) is 29.8 Å². The van der Waals surface area contributed by atoms with Gasteiger partial charge in [-0.05, 0) is 24.5 Å². The van der Waals surface area contributed by atoms with E-state index in [-0.39, 0.29) is 25.2 Å². The Kier molecular flexibility index (Phi) is 5.65. The molecular weight excluding hydrogens is 230 g/mol. The lowest BCUT2D eigenvalue weighted by Gasteiger charge is -2.15. The molecule has 0 aliphatic carbocycles. The smallest absolute Gasteiger partial charge is 0.258 e. The summed E-state index contributed by atoms with van der Waals surface area (Å²) in [7, 11) is 0. The second-order valence-electron chi connectivity index (χ2n) is 4.63. The highest BCUT2D eigenvalue weighted by molar-refractivity contribution is 5.77. The molecule has 0 heterocycles. The van der Waals surface area contributed by atoms with E-state index in [0.717, 1.165) is 11.3 Å². The minimum absolute atomic E-state index is 0.0337. The van der Waals surface area contributed by atoms with Crippen LogP contribution in [0.4, 0.5) is 0 Å². The number of para-hydroxylation sites is 1. The first kappa shape index (κ1) is 14.5. The molecule has 0 radical (unpaired) electrons. The van der Waals surface area contributed by atoms with E-state index in [2.05, 4.69) is 19.2 Å². The van der Waals surface area contributed by atoms with Crippen LogP contribution >= 0.6 is 0 Å². The quantitative estimate of drug-likeness (QED) is 0.809. The fraction of sp³-hybridized carbons (Fsp3) is 0.500. The summed E-state index contributed by atoms with van der Waals surface area (Å²) in [5, 5.41) is 11.5. The van der Waals surface area contributed by atoms with Gasteiger partial charge in [0.2, 0.25) is 0 Å². The molecule has 1 aromatic carbocycles. The summed E-state index contributed by atoms with van der Waals surface area (Å²) >= 11 is 0. The van der Waals surface area contributed by atoms with E-state index in [1.165, 1.54) is 0 Å². The maximum absolute atomic E-state index is 11.5. The summed E-state index contributed by atoms with van der Waals surface area (Å²) in [4.78, 5) is 11.5. The SMILES string of the molecule is CC(C)c1ccccc1OCC(=O)N[C@H](C)CO. The second-order valence-corrected chi connectivity index (χ2v) is 4.63. The monoisotopic (exact) mass is 251 g/mol. The van der Waals surface area contributed by atoms with Crippen LogP contribution in [-0.2, 0) is 4.79 Å². The molecular formula is C14H21NO3. The Hall–Kier alpha value is -1.55. The van der Waals surface area contributed by atoms with Crippen molar-refractivity contribution < 1.29 is 14.6 Å². The Bertz CT molecular complexity index is 390. The predicted octanol–water partition coefficient (Wildman–Crippen LogP) is 1.69. The lowest BCUT2D eigenvalue weighted by Crippen LogP contribution is -2.38. The molecule has 2 N–H and O–H groups in total. The van der Waals surface area contributed by atoms with Crippen LogP contribution in [0.15, 0.2) is 24.3 Å². The number of hydrogen-bond acceptors (Lipinski definition) is 3. The molecule has 0 unspecified atom stereocenters. The summed E-state index contributed by atoms with van der Waals surface area (Å²) in [6.07, 6.45) is 0. The topological polar surface area (TPSA) is 58.6 Å². The van der Waals surface area contributed by atoms with E-state index in [4.69, 9.17) is 9.84 Å². The number of ether oxygens (including phenoxy) is 1. The molecule has 0 saturated heterocycles. The van der Waals surface area contributed by atoms with Gasteiger partial charge >= 0.3 is 0 Å². The van der Waals surface area contributed by atoms with Gasteiger partial charge < -0.3 is 15.2 Å². The molecule has 4 heteroatoms. The van der Waals surface area contributed by atoms with Gasteiger partial charge in [0.05, 0.1) is 6.61 Å². The van der Waals surface area contributed by atoms with Gasteiger partial charge in [0.1, 0.15) is 5.75 Å². The van der Waals surface area contributed by atoms with Crippen LogP contribution in [0.3, 0.4) is 0 Å². The summed E-state index contributed by atoms with van der Waals surface area (Å²) in [6.45, 7) is 5.79. The Labute approximate surface area is 108 Å². The van der Waals surface area contributed by atoms with E-state index >= 15 is 0 Å². The first-order chi connectivity index (χ1) is 8.54. The predicted molar refractivity (Wildman–Crippen MR) is 70.7 cm³/mol. The molecule has 0 saturated carbocycles. The van der Waals surface area contributed by atoms with Gasteiger partial charge in [-0.25, -0.2) is 0 Å². The van der Waals surface area contributed by atoms with Gasteiger partial charge in [-0.3, -0.25) is 4.79 Å². The van der Waals surface area contributed by atoms with Gasteiger partial charge in [-0.15, -0.1) is 0 Å². The molecule has 1 rings (SSSR count). The highest BCUT2D eigenvalue weighted by atomic mass is 16.5. The van der Waals surface area contributed by atoms with Crippen molar-refractivity contribution >= 4 is 5.91 Å². The van der Waals surface area contributed by atoms with Gasteiger partial charge in [0, 0.05) is 6.04 Å². The molecule has 0 aliphatic heterocycles. The minimum atomic E-state index is -0.249. The van der Waals surface area contributed by atoms with Crippen LogP contribution in [0, 0.1) is 0 Å². The van der Waals surface area contributed by atoms with Crippen LogP contribution in [0.5, 0.6) is 5.75 Å². The molecule has 18 heavy (non-hydrogen) atoms. The van der Waals surface area contributed by atoms with Crippen molar-refractivity contribution in [3.63, 3.8) is 0 Å². The van der Waals surface area contributed by atoms with E-state index in [1.807, 2.05) is 24.3 Å². The van der Waals surface area contributed by atoms with Gasteiger partial charge in [-0.1, -0.05) is 32.0 Å². The zero-order chi connectivity index (χ0) is 13.5. The number of rotatable bonds is 6. The molecule has 1 amide bonds. The van der Waals surface area contributed by atoms with Crippen molar-refractivity contribution in [2.24, 2.45) is 0 Å². The average molecular weight is 251 g/mol. The maximum Gasteiger partial charge on any atom is 0.258 e. The fourth-order valence-electron chi connectivity index (χ4n) is 1.59. The van der Waals surface area contributed by atoms with Crippen LogP contribution < -0.4 is 10.1 Å². The third-order valence-electron chi connectivity index (χ3n) is 2.58. The zero-order valence-electron chi connectivity index (χ0n) is 11.1. The minimum Gasteiger partial charge on any atom is -0.483 e. The van der Waals surface area contributed by atoms with Crippen molar-refractivity contribution in [2.45, 2.75) is 32.7 Å². The summed E-state index contributed by atoms with van der Waals surface area (Å²) in [5.74, 6) is 0.857. The van der Waals surface area contributed by atoms with E-state index in [9.17, 15) is 4.79 Å². The molecule has 1 aromatic rings. The molecule has 0 spiro atoms. The van der Waals surface area contributed by atoms with Crippen LogP contribution in [0.1, 0.15) is 32.3 Å². The van der Waals surface area contributed by atoms with Crippen molar-refractivity contribution in [3.8, 4) is 5.75 Å². The van der Waals surface area contributed by atoms with Crippen molar-refractivity contribution in [2.75, 3.05) is 13.2 Å². The number of carbonyl (C=O) groups excluding carboxylic acids is 1. The summed E-state index contributed by atoms with van der Waals surface area (Å²) in [6, 6.07) is 7.44. The third kappa shape index (κ3) is 4.37. The molecule has 0 aromatic heterocycles. The Morgan fingerprint density at radius 1 is 1.33 bits per heavy atom. The molecule has 100 valence electrons. The summed E-state index contributed by atoms with van der Waals surface area (Å²) in [5.41, 5.74) is 1.08. The molecule has 0 bridgehead atoms. The fourth-order valence-corrected chi connectivity index (χ4v) is 1.59. The van der Waals surface area contributed by atoms with E-state index in [1.54, 1.807) is 6.92 Å². The van der Waals surface area contributed by atoms with E-state index in [0.29, 0.717) is 5.92 Å². The lowest BCUT2D eigenvalue weighted by molar-refractivity contribution is -0.124. The maximum atomic E-state index is 11.5. The highest BCUT2D eigenvalue weighted by Crippen LogP contribution is 2.25. The van der Waals surface area contributed by atoms with Crippen molar-refractivity contribution in [1.29, 1.82) is 0 Å². The average Bonchev–Trinajstić information content (AvgIpc) is 2.36. The van der Waals surface area contributed by atoms with Gasteiger partial charge in [-0.2, -0.15) is 0 Å². The van der Waals surface area contributed by atoms with Crippen LogP contribution in [0.2, 0.25) is 0 Å². The number of carbonyl (C=O) groups is 1. The molecule has 1 atom stereocenters. The Morgan fingerprint density at radius 3 is 2.61 bits per heavy atom. The summed E-state index contributed by atoms with van der Waals surface area (Å²) < 4.78 is 5.51. The number of nitrogens with one attached hydrogen (secondary N) is 1. The van der Waals surface area contributed by atoms with Crippen LogP contribution in [0.25, 0.3) is 0 Å². The van der Waals surface area contributed by atoms with Gasteiger partial charge in [0.25, 0.3) is 5.91 Å². The van der Waals surface area contributed by atoms with E-state index < -0.39 is 0 Å². The number of benzene rings is 1. The normalized spacial score (nSPS) is 12.3. The molecule has 0 fully saturated rings. The van der Waals surface area contributed by atoms with Crippen LogP contribution in [-0.4, -0.2) is 30.3 Å². The largest absolute Gasteiger partial charge is 0.483 e. The standard InChI is InChI=1S/C14H21NO3/c1-10(2)12-6-4-5-7-13(12)18-9-14(17)15-11(3)8-16/h4-7,10-11,16H,8-9H2,1-3H3,(H,15,17)/t11-/m1/s1. The second kappa shape index (κ2) is 7.01. The number of aliphatic hydroxyl groups is 1. The first-order valence-electron chi connectivity index (χ1n) is 6.16. The third-order valence-corrected chi connectivity index (χ3v) is 2.58. The van der Waals surface area contributed by atoms with Crippen molar-refractivity contribution in [1.82, 2.24) is 5.32 Å². The molecule has 4 nitrogen and oxygen atoms in total. The zero-order valence-corrected chi connectivity index (χ0v) is 11.1. The highest BCUT2D eigenvalue weighted by Gasteiger charge is 2.10. The first-order valence-corrected chi connectivity index (χ1v) is 6.16. The number of aliphatic hydroxyl groups excluding tert-OH is 1.